The van der Waals surface area contributed by atoms with E-state index in [0.717, 1.165) is 4.31 Å². The molecule has 3 rings (SSSR count). The first kappa shape index (κ1) is 17.4. The van der Waals surface area contributed by atoms with Crippen molar-refractivity contribution in [2.75, 3.05) is 6.54 Å². The molecule has 0 aliphatic carbocycles. The largest absolute Gasteiger partial charge is 0.480 e. The molecule has 0 amide bonds. The van der Waals surface area contributed by atoms with E-state index < -0.39 is 22.0 Å². The number of hydrogen-bond donors (Lipinski definition) is 1. The Kier molecular flexibility index (Phi) is 4.70. The van der Waals surface area contributed by atoms with Gasteiger partial charge in [-0.25, -0.2) is 13.4 Å². The number of pyridine rings is 1. The Balaban J connectivity index is 2.11. The van der Waals surface area contributed by atoms with Gasteiger partial charge in [0.05, 0.1) is 9.92 Å². The number of carbonyl (C=O) groups is 1. The third-order valence-corrected chi connectivity index (χ3v) is 6.61. The van der Waals surface area contributed by atoms with Gasteiger partial charge in [0.15, 0.2) is 0 Å². The first-order valence-electron chi connectivity index (χ1n) is 7.31. The number of carboxylic acid groups (broad SMARTS) is 1. The van der Waals surface area contributed by atoms with Crippen LogP contribution in [0, 0.1) is 0 Å². The van der Waals surface area contributed by atoms with E-state index >= 15 is 0 Å². The highest BCUT2D eigenvalue weighted by atomic mass is 35.5. The second-order valence-corrected chi connectivity index (χ2v) is 8.23. The van der Waals surface area contributed by atoms with E-state index in [0.29, 0.717) is 35.1 Å². The van der Waals surface area contributed by atoms with Crippen molar-refractivity contribution in [1.29, 1.82) is 0 Å². The number of carboxylic acids is 1. The van der Waals surface area contributed by atoms with E-state index in [4.69, 9.17) is 23.2 Å². The fourth-order valence-electron chi connectivity index (χ4n) is 2.89. The van der Waals surface area contributed by atoms with E-state index in [1.165, 1.54) is 18.3 Å². The summed E-state index contributed by atoms with van der Waals surface area (Å²) in [6.07, 6.45) is 3.01. The van der Waals surface area contributed by atoms with E-state index in [1.807, 2.05) is 0 Å². The van der Waals surface area contributed by atoms with Crippen molar-refractivity contribution in [2.24, 2.45) is 0 Å². The lowest BCUT2D eigenvalue weighted by Crippen LogP contribution is -2.47. The summed E-state index contributed by atoms with van der Waals surface area (Å²) in [5, 5.41) is 10.8. The Hall–Kier alpha value is -1.41. The molecule has 1 aromatic heterocycles. The zero-order valence-electron chi connectivity index (χ0n) is 12.4. The molecule has 24 heavy (non-hydrogen) atoms. The van der Waals surface area contributed by atoms with Crippen LogP contribution in [0.4, 0.5) is 0 Å². The number of halogens is 2. The quantitative estimate of drug-likeness (QED) is 0.815. The topological polar surface area (TPSA) is 87.6 Å². The van der Waals surface area contributed by atoms with E-state index in [2.05, 4.69) is 4.98 Å². The number of aromatic nitrogens is 1. The normalized spacial score (nSPS) is 19.5. The zero-order valence-corrected chi connectivity index (χ0v) is 14.8. The van der Waals surface area contributed by atoms with Crippen molar-refractivity contribution in [3.63, 3.8) is 0 Å². The van der Waals surface area contributed by atoms with Crippen LogP contribution in [-0.2, 0) is 14.8 Å². The van der Waals surface area contributed by atoms with Crippen LogP contribution < -0.4 is 0 Å². The minimum atomic E-state index is -3.95. The molecule has 1 N–H and O–H groups in total. The molecule has 1 atom stereocenters. The number of hydrogen-bond acceptors (Lipinski definition) is 4. The Bertz CT molecular complexity index is 917. The van der Waals surface area contributed by atoms with Gasteiger partial charge in [-0.1, -0.05) is 29.3 Å². The van der Waals surface area contributed by atoms with Crippen LogP contribution in [0.25, 0.3) is 10.8 Å². The van der Waals surface area contributed by atoms with Gasteiger partial charge in [0.1, 0.15) is 11.2 Å². The molecule has 1 fully saturated rings. The Morgan fingerprint density at radius 2 is 2.00 bits per heavy atom. The molecule has 128 valence electrons. The average Bonchev–Trinajstić information content (AvgIpc) is 2.58. The van der Waals surface area contributed by atoms with E-state index in [-0.39, 0.29) is 16.6 Å². The standard InChI is InChI=1S/C15H14Cl2N2O4S/c16-12-8-18-14(17)11-7-9(4-5-10(11)12)24(22,23)19-6-2-1-3-13(19)15(20)21/h4-5,7-8,13H,1-3,6H2,(H,20,21). The first-order chi connectivity index (χ1) is 11.3. The van der Waals surface area contributed by atoms with Crippen molar-refractivity contribution in [3.8, 4) is 0 Å². The molecule has 0 saturated carbocycles. The van der Waals surface area contributed by atoms with Crippen molar-refractivity contribution in [2.45, 2.75) is 30.2 Å². The maximum Gasteiger partial charge on any atom is 0.322 e. The lowest BCUT2D eigenvalue weighted by atomic mass is 10.1. The fraction of sp³-hybridized carbons (Fsp3) is 0.333. The van der Waals surface area contributed by atoms with Gasteiger partial charge in [0.2, 0.25) is 10.0 Å². The predicted molar refractivity (Wildman–Crippen MR) is 90.9 cm³/mol. The number of nitrogens with zero attached hydrogens (tertiary/aromatic N) is 2. The summed E-state index contributed by atoms with van der Waals surface area (Å²) in [5.41, 5.74) is 0. The highest BCUT2D eigenvalue weighted by Crippen LogP contribution is 2.32. The summed E-state index contributed by atoms with van der Waals surface area (Å²) in [5.74, 6) is -1.14. The van der Waals surface area contributed by atoms with Crippen LogP contribution >= 0.6 is 23.2 Å². The lowest BCUT2D eigenvalue weighted by molar-refractivity contribution is -0.142. The van der Waals surface area contributed by atoms with Gasteiger partial charge in [-0.05, 0) is 31.4 Å². The van der Waals surface area contributed by atoms with Gasteiger partial charge in [-0.2, -0.15) is 4.31 Å². The molecule has 0 spiro atoms. The zero-order chi connectivity index (χ0) is 17.5. The minimum absolute atomic E-state index is 0.0193. The maximum atomic E-state index is 12.9. The van der Waals surface area contributed by atoms with Crippen molar-refractivity contribution in [1.82, 2.24) is 9.29 Å². The molecule has 9 heteroatoms. The van der Waals surface area contributed by atoms with Gasteiger partial charge in [0.25, 0.3) is 0 Å². The summed E-state index contributed by atoms with van der Waals surface area (Å²) in [6, 6.07) is 3.30. The van der Waals surface area contributed by atoms with Crippen LogP contribution in [-0.4, -0.2) is 41.4 Å². The van der Waals surface area contributed by atoms with E-state index in [1.54, 1.807) is 6.07 Å². The number of aliphatic carboxylic acids is 1. The Morgan fingerprint density at radius 3 is 2.71 bits per heavy atom. The highest BCUT2D eigenvalue weighted by Gasteiger charge is 2.37. The van der Waals surface area contributed by atoms with Gasteiger partial charge in [-0.3, -0.25) is 4.79 Å². The molecular formula is C15H14Cl2N2O4S. The number of benzene rings is 1. The minimum Gasteiger partial charge on any atom is -0.480 e. The molecule has 1 aliphatic heterocycles. The first-order valence-corrected chi connectivity index (χ1v) is 9.50. The molecule has 1 aliphatic rings. The number of sulfonamides is 1. The SMILES string of the molecule is O=C(O)C1CCCCN1S(=O)(=O)c1ccc2c(Cl)cnc(Cl)c2c1. The molecular weight excluding hydrogens is 375 g/mol. The second-order valence-electron chi connectivity index (χ2n) is 5.57. The maximum absolute atomic E-state index is 12.9. The van der Waals surface area contributed by atoms with Crippen LogP contribution in [0.5, 0.6) is 0 Å². The number of rotatable bonds is 3. The van der Waals surface area contributed by atoms with Crippen LogP contribution in [0.3, 0.4) is 0 Å². The summed E-state index contributed by atoms with van der Waals surface area (Å²) < 4.78 is 26.9. The molecule has 2 heterocycles. The molecule has 1 aromatic carbocycles. The van der Waals surface area contributed by atoms with Crippen molar-refractivity contribution >= 4 is 50.0 Å². The smallest absolute Gasteiger partial charge is 0.322 e. The highest BCUT2D eigenvalue weighted by molar-refractivity contribution is 7.89. The molecule has 0 radical (unpaired) electrons. The van der Waals surface area contributed by atoms with Crippen LogP contribution in [0.2, 0.25) is 10.2 Å². The van der Waals surface area contributed by atoms with Crippen molar-refractivity contribution < 1.29 is 18.3 Å². The number of piperidine rings is 1. The fourth-order valence-corrected chi connectivity index (χ4v) is 4.99. The molecule has 1 unspecified atom stereocenters. The molecule has 0 bridgehead atoms. The molecule has 2 aromatic rings. The average molecular weight is 389 g/mol. The van der Waals surface area contributed by atoms with Crippen LogP contribution in [0.1, 0.15) is 19.3 Å². The Morgan fingerprint density at radius 1 is 1.25 bits per heavy atom. The van der Waals surface area contributed by atoms with Gasteiger partial charge in [0, 0.05) is 23.5 Å². The van der Waals surface area contributed by atoms with Gasteiger partial charge < -0.3 is 5.11 Å². The summed E-state index contributed by atoms with van der Waals surface area (Å²) in [7, 11) is -3.95. The monoisotopic (exact) mass is 388 g/mol. The Labute approximate surface area is 149 Å². The lowest BCUT2D eigenvalue weighted by Gasteiger charge is -2.31. The third-order valence-electron chi connectivity index (χ3n) is 4.11. The molecule has 6 nitrogen and oxygen atoms in total. The van der Waals surface area contributed by atoms with Gasteiger partial charge >= 0.3 is 5.97 Å². The summed E-state index contributed by atoms with van der Waals surface area (Å²) >= 11 is 12.1. The van der Waals surface area contributed by atoms with Gasteiger partial charge in [-0.15, -0.1) is 0 Å². The van der Waals surface area contributed by atoms with Crippen molar-refractivity contribution in [3.05, 3.63) is 34.6 Å². The van der Waals surface area contributed by atoms with E-state index in [9.17, 15) is 18.3 Å². The third kappa shape index (κ3) is 2.97. The second kappa shape index (κ2) is 6.48. The summed E-state index contributed by atoms with van der Waals surface area (Å²) in [4.78, 5) is 15.3. The predicted octanol–water partition coefficient (Wildman–Crippen LogP) is 3.17. The van der Waals surface area contributed by atoms with Crippen LogP contribution in [0.15, 0.2) is 29.3 Å². The number of fused-ring (bicyclic) bond motifs is 1. The molecule has 1 saturated heterocycles. The summed E-state index contributed by atoms with van der Waals surface area (Å²) in [6.45, 7) is 0.179.